The average molecular weight is 353 g/mol. The van der Waals surface area contributed by atoms with Crippen LogP contribution in [0.5, 0.6) is 0 Å². The summed E-state index contributed by atoms with van der Waals surface area (Å²) in [5, 5.41) is 6.22. The molecule has 0 aliphatic rings. The largest absolute Gasteiger partial charge is 0.263 e. The maximum Gasteiger partial charge on any atom is 0.250 e. The average Bonchev–Trinajstić information content (AvgIpc) is 3.20. The van der Waals surface area contributed by atoms with Crippen LogP contribution in [0.25, 0.3) is 0 Å². The van der Waals surface area contributed by atoms with E-state index in [1.54, 1.807) is 28.3 Å². The van der Waals surface area contributed by atoms with Gasteiger partial charge in [-0.15, -0.1) is 22.7 Å². The molecule has 1 unspecified atom stereocenters. The number of hydrogen-bond acceptors (Lipinski definition) is 5. The Bertz CT molecular complexity index is 786. The molecule has 3 aromatic rings. The van der Waals surface area contributed by atoms with E-state index in [1.807, 2.05) is 42.8 Å². The summed E-state index contributed by atoms with van der Waals surface area (Å²) in [5.41, 5.74) is 0. The molecule has 0 bridgehead atoms. The molecular formula is C14H15N3O2S3. The molecule has 116 valence electrons. The first-order valence-electron chi connectivity index (χ1n) is 6.65. The molecule has 0 saturated carbocycles. The molecule has 0 saturated heterocycles. The summed E-state index contributed by atoms with van der Waals surface area (Å²) in [7, 11) is -3.48. The molecule has 1 N–H and O–H groups in total. The monoisotopic (exact) mass is 353 g/mol. The van der Waals surface area contributed by atoms with Crippen LogP contribution in [0.1, 0.15) is 15.8 Å². The van der Waals surface area contributed by atoms with Gasteiger partial charge in [0.1, 0.15) is 4.21 Å². The van der Waals surface area contributed by atoms with Crippen LogP contribution in [-0.2, 0) is 10.0 Å². The molecule has 3 heterocycles. The summed E-state index contributed by atoms with van der Waals surface area (Å²) in [6.45, 7) is 2.16. The topological polar surface area (TPSA) is 64.0 Å². The molecular weight excluding hydrogens is 338 g/mol. The van der Waals surface area contributed by atoms with Crippen molar-refractivity contribution in [1.29, 1.82) is 0 Å². The van der Waals surface area contributed by atoms with Crippen LogP contribution in [0.4, 0.5) is 0 Å². The third kappa shape index (κ3) is 3.30. The summed E-state index contributed by atoms with van der Waals surface area (Å²) in [4.78, 5) is 2.04. The lowest BCUT2D eigenvalue weighted by molar-refractivity contribution is 0.512. The molecule has 8 heteroatoms. The fourth-order valence-corrected chi connectivity index (χ4v) is 5.27. The maximum atomic E-state index is 12.4. The second-order valence-electron chi connectivity index (χ2n) is 4.73. The first-order valence-corrected chi connectivity index (χ1v) is 9.83. The van der Waals surface area contributed by atoms with Gasteiger partial charge < -0.3 is 0 Å². The SMILES string of the molecule is Cc1ccc(S(=O)(=O)NCC(c2cccs2)n2cccn2)s1. The first kappa shape index (κ1) is 15.4. The van der Waals surface area contributed by atoms with Gasteiger partial charge >= 0.3 is 0 Å². The van der Waals surface area contributed by atoms with Crippen molar-refractivity contribution in [2.45, 2.75) is 17.2 Å². The Morgan fingerprint density at radius 1 is 1.32 bits per heavy atom. The Kier molecular flexibility index (Phi) is 4.44. The molecule has 0 aromatic carbocycles. The van der Waals surface area contributed by atoms with Crippen LogP contribution in [0.15, 0.2) is 52.3 Å². The van der Waals surface area contributed by atoms with Gasteiger partial charge in [0, 0.05) is 28.7 Å². The van der Waals surface area contributed by atoms with Crippen molar-refractivity contribution in [3.63, 3.8) is 0 Å². The zero-order valence-corrected chi connectivity index (χ0v) is 14.3. The van der Waals surface area contributed by atoms with Gasteiger partial charge in [0.2, 0.25) is 10.0 Å². The van der Waals surface area contributed by atoms with Crippen molar-refractivity contribution in [2.75, 3.05) is 6.54 Å². The maximum absolute atomic E-state index is 12.4. The molecule has 0 fully saturated rings. The summed E-state index contributed by atoms with van der Waals surface area (Å²) < 4.78 is 29.5. The molecule has 0 spiro atoms. The quantitative estimate of drug-likeness (QED) is 0.741. The van der Waals surface area contributed by atoms with Gasteiger partial charge in [0.15, 0.2) is 0 Å². The minimum absolute atomic E-state index is 0.147. The van der Waals surface area contributed by atoms with E-state index < -0.39 is 10.0 Å². The Morgan fingerprint density at radius 2 is 2.18 bits per heavy atom. The van der Waals surface area contributed by atoms with Crippen molar-refractivity contribution in [1.82, 2.24) is 14.5 Å². The van der Waals surface area contributed by atoms with E-state index in [2.05, 4.69) is 9.82 Å². The third-order valence-electron chi connectivity index (χ3n) is 3.16. The van der Waals surface area contributed by atoms with Crippen molar-refractivity contribution >= 4 is 32.7 Å². The van der Waals surface area contributed by atoms with E-state index in [0.717, 1.165) is 9.75 Å². The van der Waals surface area contributed by atoms with Crippen molar-refractivity contribution in [3.8, 4) is 0 Å². The van der Waals surface area contributed by atoms with Crippen LogP contribution in [0.2, 0.25) is 0 Å². The van der Waals surface area contributed by atoms with Gasteiger partial charge in [0.25, 0.3) is 0 Å². The number of nitrogens with one attached hydrogen (secondary N) is 1. The van der Waals surface area contributed by atoms with Gasteiger partial charge in [-0.3, -0.25) is 4.68 Å². The number of hydrogen-bond donors (Lipinski definition) is 1. The molecule has 3 aromatic heterocycles. The standard InChI is InChI=1S/C14H15N3O2S3/c1-11-5-6-14(21-11)22(18,19)16-10-12(13-4-2-9-20-13)17-8-3-7-15-17/h2-9,12,16H,10H2,1H3. The van der Waals surface area contributed by atoms with Crippen LogP contribution in [0.3, 0.4) is 0 Å². The summed E-state index contributed by atoms with van der Waals surface area (Å²) in [5.74, 6) is 0. The lowest BCUT2D eigenvalue weighted by Gasteiger charge is -2.16. The molecule has 0 aliphatic carbocycles. The van der Waals surface area contributed by atoms with Crippen LogP contribution in [-0.4, -0.2) is 24.7 Å². The second-order valence-corrected chi connectivity index (χ2v) is 9.00. The van der Waals surface area contributed by atoms with Gasteiger partial charge in [-0.05, 0) is 36.6 Å². The minimum atomic E-state index is -3.48. The minimum Gasteiger partial charge on any atom is -0.263 e. The molecule has 3 rings (SSSR count). The smallest absolute Gasteiger partial charge is 0.250 e. The summed E-state index contributed by atoms with van der Waals surface area (Å²) in [6.07, 6.45) is 3.53. The highest BCUT2D eigenvalue weighted by atomic mass is 32.2. The van der Waals surface area contributed by atoms with Gasteiger partial charge in [0.05, 0.1) is 6.04 Å². The van der Waals surface area contributed by atoms with Crippen molar-refractivity contribution < 1.29 is 8.42 Å². The fraction of sp³-hybridized carbons (Fsp3) is 0.214. The highest BCUT2D eigenvalue weighted by Gasteiger charge is 2.21. The lowest BCUT2D eigenvalue weighted by atomic mass is 10.2. The van der Waals surface area contributed by atoms with Gasteiger partial charge in [-0.25, -0.2) is 13.1 Å². The Hall–Kier alpha value is -1.48. The third-order valence-corrected chi connectivity index (χ3v) is 7.05. The molecule has 0 radical (unpaired) electrons. The second kappa shape index (κ2) is 6.33. The molecule has 0 amide bonds. The molecule has 1 atom stereocenters. The highest BCUT2D eigenvalue weighted by molar-refractivity contribution is 7.91. The van der Waals surface area contributed by atoms with E-state index in [4.69, 9.17) is 0 Å². The number of nitrogens with zero attached hydrogens (tertiary/aromatic N) is 2. The van der Waals surface area contributed by atoms with E-state index >= 15 is 0 Å². The summed E-state index contributed by atoms with van der Waals surface area (Å²) in [6, 6.07) is 9.07. The van der Waals surface area contributed by atoms with Crippen LogP contribution < -0.4 is 4.72 Å². The van der Waals surface area contributed by atoms with Gasteiger partial charge in [-0.2, -0.15) is 5.10 Å². The first-order chi connectivity index (χ1) is 10.6. The zero-order valence-electron chi connectivity index (χ0n) is 11.8. The Balaban J connectivity index is 1.80. The molecule has 22 heavy (non-hydrogen) atoms. The zero-order chi connectivity index (χ0) is 15.6. The van der Waals surface area contributed by atoms with E-state index in [0.29, 0.717) is 4.21 Å². The Labute approximate surface area is 137 Å². The number of aromatic nitrogens is 2. The van der Waals surface area contributed by atoms with Crippen molar-refractivity contribution in [2.24, 2.45) is 0 Å². The van der Waals surface area contributed by atoms with Gasteiger partial charge in [-0.1, -0.05) is 6.07 Å². The highest BCUT2D eigenvalue weighted by Crippen LogP contribution is 2.24. The number of sulfonamides is 1. The molecule has 0 aliphatic heterocycles. The van der Waals surface area contributed by atoms with Crippen LogP contribution >= 0.6 is 22.7 Å². The van der Waals surface area contributed by atoms with Crippen molar-refractivity contribution in [3.05, 3.63) is 57.9 Å². The molecule has 5 nitrogen and oxygen atoms in total. The summed E-state index contributed by atoms with van der Waals surface area (Å²) >= 11 is 2.86. The number of thiophene rings is 2. The number of rotatable bonds is 6. The van der Waals surface area contributed by atoms with Crippen LogP contribution in [0, 0.1) is 6.92 Å². The van der Waals surface area contributed by atoms with E-state index in [1.165, 1.54) is 11.3 Å². The van der Waals surface area contributed by atoms with E-state index in [9.17, 15) is 8.42 Å². The predicted octanol–water partition coefficient (Wildman–Crippen LogP) is 2.88. The fourth-order valence-electron chi connectivity index (χ4n) is 2.09. The van der Waals surface area contributed by atoms with E-state index in [-0.39, 0.29) is 12.6 Å². The lowest BCUT2D eigenvalue weighted by Crippen LogP contribution is -2.30. The number of aryl methyl sites for hydroxylation is 1. The normalized spacial score (nSPS) is 13.3. The predicted molar refractivity (Wildman–Crippen MR) is 88.9 cm³/mol. The Morgan fingerprint density at radius 3 is 2.77 bits per heavy atom.